The van der Waals surface area contributed by atoms with Crippen molar-refractivity contribution in [1.82, 2.24) is 20.1 Å². The fourth-order valence-electron chi connectivity index (χ4n) is 3.20. The standard InChI is InChI=1S/C18H23ClN4OS/c1-12-5-3-4-6-15(12)20-16(24)11-25-18-22-21-17(23(18)2)13-7-9-14(19)10-8-13/h7-10,12,15H,3-6,11H2,1-2H3,(H,20,24)/t12-,15+/m0/s1. The lowest BCUT2D eigenvalue weighted by molar-refractivity contribution is -0.119. The van der Waals surface area contributed by atoms with E-state index in [4.69, 9.17) is 11.6 Å². The van der Waals surface area contributed by atoms with Crippen LogP contribution in [0.1, 0.15) is 32.6 Å². The molecule has 2 aromatic rings. The van der Waals surface area contributed by atoms with E-state index in [0.29, 0.717) is 22.7 Å². The lowest BCUT2D eigenvalue weighted by Gasteiger charge is -2.29. The molecule has 7 heteroatoms. The summed E-state index contributed by atoms with van der Waals surface area (Å²) in [4.78, 5) is 12.3. The largest absolute Gasteiger partial charge is 0.352 e. The fraction of sp³-hybridized carbons (Fsp3) is 0.500. The van der Waals surface area contributed by atoms with Gasteiger partial charge in [-0.25, -0.2) is 0 Å². The van der Waals surface area contributed by atoms with Gasteiger partial charge in [-0.05, 0) is 43.0 Å². The lowest BCUT2D eigenvalue weighted by atomic mass is 9.86. The fourth-order valence-corrected chi connectivity index (χ4v) is 4.05. The summed E-state index contributed by atoms with van der Waals surface area (Å²) < 4.78 is 1.91. The molecule has 0 unspecified atom stereocenters. The molecule has 0 radical (unpaired) electrons. The summed E-state index contributed by atoms with van der Waals surface area (Å²) in [5, 5.41) is 13.0. The Morgan fingerprint density at radius 1 is 1.28 bits per heavy atom. The summed E-state index contributed by atoms with van der Waals surface area (Å²) in [6.07, 6.45) is 4.76. The number of amides is 1. The van der Waals surface area contributed by atoms with Gasteiger partial charge in [-0.2, -0.15) is 0 Å². The van der Waals surface area contributed by atoms with Crippen LogP contribution >= 0.6 is 23.4 Å². The van der Waals surface area contributed by atoms with Crippen molar-refractivity contribution < 1.29 is 4.79 Å². The molecule has 1 saturated carbocycles. The predicted octanol–water partition coefficient (Wildman–Crippen LogP) is 3.92. The minimum absolute atomic E-state index is 0.0693. The van der Waals surface area contributed by atoms with Gasteiger partial charge in [0.05, 0.1) is 5.75 Å². The highest BCUT2D eigenvalue weighted by Gasteiger charge is 2.23. The van der Waals surface area contributed by atoms with Crippen molar-refractivity contribution in [3.63, 3.8) is 0 Å². The molecule has 1 aromatic heterocycles. The highest BCUT2D eigenvalue weighted by atomic mass is 35.5. The zero-order valence-corrected chi connectivity index (χ0v) is 16.1. The van der Waals surface area contributed by atoms with E-state index in [0.717, 1.165) is 23.0 Å². The SMILES string of the molecule is C[C@H]1CCCC[C@H]1NC(=O)CSc1nnc(-c2ccc(Cl)cc2)n1C. The molecule has 1 N–H and O–H groups in total. The number of carbonyl (C=O) groups excluding carboxylic acids is 1. The summed E-state index contributed by atoms with van der Waals surface area (Å²) in [5.74, 6) is 1.75. The number of hydrogen-bond acceptors (Lipinski definition) is 4. The number of nitrogens with one attached hydrogen (secondary N) is 1. The van der Waals surface area contributed by atoms with Crippen LogP contribution in [0.3, 0.4) is 0 Å². The Kier molecular flexibility index (Phi) is 6.02. The molecule has 1 aliphatic carbocycles. The number of carbonyl (C=O) groups is 1. The van der Waals surface area contributed by atoms with E-state index in [1.54, 1.807) is 0 Å². The van der Waals surface area contributed by atoms with Crippen LogP contribution in [-0.2, 0) is 11.8 Å². The smallest absolute Gasteiger partial charge is 0.230 e. The maximum Gasteiger partial charge on any atom is 0.230 e. The van der Waals surface area contributed by atoms with Crippen molar-refractivity contribution in [2.45, 2.75) is 43.8 Å². The molecule has 1 amide bonds. The van der Waals surface area contributed by atoms with E-state index in [-0.39, 0.29) is 5.91 Å². The summed E-state index contributed by atoms with van der Waals surface area (Å²) in [5.41, 5.74) is 0.951. The van der Waals surface area contributed by atoms with Crippen LogP contribution in [-0.4, -0.2) is 32.5 Å². The third-order valence-electron chi connectivity index (χ3n) is 4.73. The van der Waals surface area contributed by atoms with E-state index in [2.05, 4.69) is 22.4 Å². The molecule has 1 fully saturated rings. The number of nitrogens with zero attached hydrogens (tertiary/aromatic N) is 3. The molecule has 0 saturated heterocycles. The van der Waals surface area contributed by atoms with Gasteiger partial charge in [-0.15, -0.1) is 10.2 Å². The summed E-state index contributed by atoms with van der Waals surface area (Å²) in [6.45, 7) is 2.22. The first-order valence-electron chi connectivity index (χ1n) is 8.62. The second-order valence-corrected chi connectivity index (χ2v) is 7.98. The van der Waals surface area contributed by atoms with Gasteiger partial charge in [-0.3, -0.25) is 4.79 Å². The summed E-state index contributed by atoms with van der Waals surface area (Å²) in [6, 6.07) is 7.80. The van der Waals surface area contributed by atoms with Crippen LogP contribution < -0.4 is 5.32 Å². The summed E-state index contributed by atoms with van der Waals surface area (Å²) >= 11 is 7.34. The Morgan fingerprint density at radius 2 is 2.00 bits per heavy atom. The first-order chi connectivity index (χ1) is 12.0. The van der Waals surface area contributed by atoms with E-state index in [1.807, 2.05) is 35.9 Å². The molecular formula is C18H23ClN4OS. The van der Waals surface area contributed by atoms with Crippen molar-refractivity contribution in [3.8, 4) is 11.4 Å². The molecule has 5 nitrogen and oxygen atoms in total. The minimum Gasteiger partial charge on any atom is -0.352 e. The van der Waals surface area contributed by atoms with Crippen LogP contribution in [0.25, 0.3) is 11.4 Å². The third-order valence-corrected chi connectivity index (χ3v) is 6.00. The van der Waals surface area contributed by atoms with Gasteiger partial charge in [0.25, 0.3) is 0 Å². The monoisotopic (exact) mass is 378 g/mol. The van der Waals surface area contributed by atoms with Gasteiger partial charge in [0.15, 0.2) is 11.0 Å². The molecule has 3 rings (SSSR count). The zero-order valence-electron chi connectivity index (χ0n) is 14.5. The number of halogens is 1. The molecule has 2 atom stereocenters. The Labute approximate surface area is 157 Å². The molecule has 25 heavy (non-hydrogen) atoms. The number of hydrogen-bond donors (Lipinski definition) is 1. The average Bonchev–Trinajstić information content (AvgIpc) is 2.97. The normalized spacial score (nSPS) is 20.4. The number of thioether (sulfide) groups is 1. The van der Waals surface area contributed by atoms with E-state index >= 15 is 0 Å². The predicted molar refractivity (Wildman–Crippen MR) is 102 cm³/mol. The van der Waals surface area contributed by atoms with Crippen molar-refractivity contribution in [3.05, 3.63) is 29.3 Å². The van der Waals surface area contributed by atoms with Crippen LogP contribution in [0, 0.1) is 5.92 Å². The van der Waals surface area contributed by atoms with Crippen LogP contribution in [0.4, 0.5) is 0 Å². The summed E-state index contributed by atoms with van der Waals surface area (Å²) in [7, 11) is 1.91. The topological polar surface area (TPSA) is 59.8 Å². The second kappa shape index (κ2) is 8.23. The van der Waals surface area contributed by atoms with E-state index in [9.17, 15) is 4.79 Å². The highest BCUT2D eigenvalue weighted by Crippen LogP contribution is 2.25. The zero-order chi connectivity index (χ0) is 17.8. The van der Waals surface area contributed by atoms with Crippen molar-refractivity contribution >= 4 is 29.3 Å². The van der Waals surface area contributed by atoms with E-state index in [1.165, 1.54) is 31.0 Å². The van der Waals surface area contributed by atoms with Crippen molar-refractivity contribution in [2.75, 3.05) is 5.75 Å². The van der Waals surface area contributed by atoms with E-state index < -0.39 is 0 Å². The minimum atomic E-state index is 0.0693. The van der Waals surface area contributed by atoms with Gasteiger partial charge in [0.1, 0.15) is 0 Å². The lowest BCUT2D eigenvalue weighted by Crippen LogP contribution is -2.41. The Balaban J connectivity index is 1.58. The van der Waals surface area contributed by atoms with Gasteiger partial charge in [-0.1, -0.05) is 43.1 Å². The van der Waals surface area contributed by atoms with Gasteiger partial charge in [0, 0.05) is 23.7 Å². The Morgan fingerprint density at radius 3 is 2.72 bits per heavy atom. The molecule has 0 spiro atoms. The number of rotatable bonds is 5. The molecule has 134 valence electrons. The molecule has 1 heterocycles. The molecule has 1 aliphatic rings. The first kappa shape index (κ1) is 18.3. The molecule has 0 aliphatic heterocycles. The first-order valence-corrected chi connectivity index (χ1v) is 9.98. The van der Waals surface area contributed by atoms with Gasteiger partial charge in [0.2, 0.25) is 5.91 Å². The second-order valence-electron chi connectivity index (χ2n) is 6.60. The van der Waals surface area contributed by atoms with Gasteiger partial charge >= 0.3 is 0 Å². The van der Waals surface area contributed by atoms with Crippen molar-refractivity contribution in [1.29, 1.82) is 0 Å². The quantitative estimate of drug-likeness (QED) is 0.801. The average molecular weight is 379 g/mol. The van der Waals surface area contributed by atoms with Crippen LogP contribution in [0.15, 0.2) is 29.4 Å². The van der Waals surface area contributed by atoms with Crippen LogP contribution in [0.2, 0.25) is 5.02 Å². The van der Waals surface area contributed by atoms with Gasteiger partial charge < -0.3 is 9.88 Å². The maximum absolute atomic E-state index is 12.3. The van der Waals surface area contributed by atoms with Crippen LogP contribution in [0.5, 0.6) is 0 Å². The number of aromatic nitrogens is 3. The van der Waals surface area contributed by atoms with Crippen molar-refractivity contribution in [2.24, 2.45) is 13.0 Å². The Bertz CT molecular complexity index is 731. The Hall–Kier alpha value is -1.53. The molecule has 1 aromatic carbocycles. The maximum atomic E-state index is 12.3. The third kappa shape index (κ3) is 4.55. The highest BCUT2D eigenvalue weighted by molar-refractivity contribution is 7.99. The molecular weight excluding hydrogens is 356 g/mol. The number of benzene rings is 1. The molecule has 0 bridgehead atoms.